The van der Waals surface area contributed by atoms with Gasteiger partial charge in [0.15, 0.2) is 0 Å². The topological polar surface area (TPSA) is 105 Å². The molecule has 0 aliphatic carbocycles. The number of likely N-dealkylation sites (N-methyl/N-ethyl adjacent to an activating group) is 1. The van der Waals surface area contributed by atoms with Crippen LogP contribution < -0.4 is 5.32 Å². The van der Waals surface area contributed by atoms with Gasteiger partial charge in [0.2, 0.25) is 5.91 Å². The first-order valence-electron chi connectivity index (χ1n) is 30.4. The minimum atomic E-state index is -4.35. The number of nitrogens with one attached hydrogen (secondary N) is 1. The Balaban J connectivity index is 4.09. The van der Waals surface area contributed by atoms with Crippen LogP contribution in [0.25, 0.3) is 0 Å². The van der Waals surface area contributed by atoms with E-state index in [2.05, 4.69) is 43.5 Å². The number of carbonyl (C=O) groups is 1. The number of phosphoric ester groups is 1. The van der Waals surface area contributed by atoms with E-state index in [1.807, 2.05) is 27.2 Å². The highest BCUT2D eigenvalue weighted by atomic mass is 31.2. The summed E-state index contributed by atoms with van der Waals surface area (Å²) in [6, 6.07) is -0.862. The maximum absolute atomic E-state index is 13.0. The van der Waals surface area contributed by atoms with Gasteiger partial charge in [0.25, 0.3) is 0 Å². The van der Waals surface area contributed by atoms with E-state index >= 15 is 0 Å². The summed E-state index contributed by atoms with van der Waals surface area (Å²) in [5.41, 5.74) is 0. The summed E-state index contributed by atoms with van der Waals surface area (Å²) in [6.45, 7) is 4.83. The number of quaternary nitrogens is 1. The highest BCUT2D eigenvalue weighted by molar-refractivity contribution is 7.47. The van der Waals surface area contributed by atoms with Crippen LogP contribution in [0.2, 0.25) is 0 Å². The molecule has 0 radical (unpaired) electrons. The van der Waals surface area contributed by atoms with E-state index < -0.39 is 20.0 Å². The Bertz CT molecular complexity index is 1230. The third-order valence-corrected chi connectivity index (χ3v) is 14.8. The van der Waals surface area contributed by atoms with E-state index in [9.17, 15) is 19.4 Å². The van der Waals surface area contributed by atoms with Gasteiger partial charge in [-0.2, -0.15) is 0 Å². The Labute approximate surface area is 436 Å². The maximum atomic E-state index is 13.0. The lowest BCUT2D eigenvalue weighted by molar-refractivity contribution is -0.870. The number of allylic oxidation sites excluding steroid dienone is 5. The van der Waals surface area contributed by atoms with Crippen molar-refractivity contribution >= 4 is 13.7 Å². The Morgan fingerprint density at radius 3 is 1.14 bits per heavy atom. The average Bonchev–Trinajstić information content (AvgIpc) is 3.32. The second-order valence-corrected chi connectivity index (χ2v) is 23.5. The lowest BCUT2D eigenvalue weighted by Gasteiger charge is -2.25. The molecule has 0 aliphatic heterocycles. The van der Waals surface area contributed by atoms with E-state index in [-0.39, 0.29) is 19.1 Å². The molecule has 0 bridgehead atoms. The van der Waals surface area contributed by atoms with Crippen LogP contribution in [0.1, 0.15) is 296 Å². The van der Waals surface area contributed by atoms with Crippen molar-refractivity contribution in [1.82, 2.24) is 5.32 Å². The fourth-order valence-electron chi connectivity index (χ4n) is 9.06. The molecule has 414 valence electrons. The van der Waals surface area contributed by atoms with Crippen molar-refractivity contribution in [2.45, 2.75) is 309 Å². The molecule has 0 saturated carbocycles. The molecule has 0 spiro atoms. The number of unbranched alkanes of at least 4 members (excludes halogenated alkanes) is 39. The van der Waals surface area contributed by atoms with Crippen LogP contribution in [-0.2, 0) is 18.4 Å². The second kappa shape index (κ2) is 52.6. The van der Waals surface area contributed by atoms with Crippen molar-refractivity contribution in [2.75, 3.05) is 40.9 Å². The van der Waals surface area contributed by atoms with Gasteiger partial charge in [0.1, 0.15) is 13.2 Å². The molecule has 1 amide bonds. The Hall–Kier alpha value is -1.28. The summed E-state index contributed by atoms with van der Waals surface area (Å²) in [7, 11) is 1.56. The number of rotatable bonds is 56. The summed E-state index contributed by atoms with van der Waals surface area (Å²) < 4.78 is 23.7. The summed E-state index contributed by atoms with van der Waals surface area (Å²) in [4.78, 5) is 23.3. The SMILES string of the molecule is CCCCCCCCCCCCC/C=C/CC/C=C/C(O)C(COP(=O)(O)OCC[N+](C)(C)C)NC(=O)CCCCCCCCCCCCCCCCC/C=C\CCCCCCCCCCCCCC. The fourth-order valence-corrected chi connectivity index (χ4v) is 9.79. The van der Waals surface area contributed by atoms with E-state index in [0.717, 1.165) is 38.5 Å². The van der Waals surface area contributed by atoms with Crippen molar-refractivity contribution in [3.63, 3.8) is 0 Å². The van der Waals surface area contributed by atoms with Gasteiger partial charge in [-0.3, -0.25) is 13.8 Å². The van der Waals surface area contributed by atoms with Crippen molar-refractivity contribution in [2.24, 2.45) is 0 Å². The summed E-state index contributed by atoms with van der Waals surface area (Å²) >= 11 is 0. The zero-order chi connectivity index (χ0) is 51.3. The van der Waals surface area contributed by atoms with Gasteiger partial charge in [0, 0.05) is 6.42 Å². The molecule has 3 atom stereocenters. The summed E-state index contributed by atoms with van der Waals surface area (Å²) in [6.07, 6.45) is 68.4. The second-order valence-electron chi connectivity index (χ2n) is 22.1. The molecule has 70 heavy (non-hydrogen) atoms. The van der Waals surface area contributed by atoms with Gasteiger partial charge in [0.05, 0.1) is 39.9 Å². The lowest BCUT2D eigenvalue weighted by Crippen LogP contribution is -2.45. The Morgan fingerprint density at radius 2 is 0.786 bits per heavy atom. The molecule has 0 heterocycles. The molecule has 0 fully saturated rings. The summed E-state index contributed by atoms with van der Waals surface area (Å²) in [5.74, 6) is -0.183. The molecule has 0 aliphatic rings. The number of phosphoric acid groups is 1. The predicted octanol–water partition coefficient (Wildman–Crippen LogP) is 18.5. The third kappa shape index (κ3) is 54.5. The Morgan fingerprint density at radius 1 is 0.471 bits per heavy atom. The molecule has 8 nitrogen and oxygen atoms in total. The molecule has 0 aromatic heterocycles. The first-order chi connectivity index (χ1) is 34.0. The van der Waals surface area contributed by atoms with Gasteiger partial charge in [-0.1, -0.05) is 269 Å². The molecule has 9 heteroatoms. The number of hydrogen-bond donors (Lipinski definition) is 3. The molecular formula is C61H120N2O6P+. The number of carbonyl (C=O) groups excluding carboxylic acids is 1. The molecule has 0 aromatic rings. The fraction of sp³-hybridized carbons (Fsp3) is 0.885. The van der Waals surface area contributed by atoms with Gasteiger partial charge < -0.3 is 19.8 Å². The van der Waals surface area contributed by atoms with Gasteiger partial charge in [-0.05, 0) is 57.8 Å². The van der Waals surface area contributed by atoms with Gasteiger partial charge >= 0.3 is 7.82 Å². The number of aliphatic hydroxyl groups excluding tert-OH is 1. The smallest absolute Gasteiger partial charge is 0.387 e. The number of aliphatic hydroxyl groups is 1. The quantitative estimate of drug-likeness (QED) is 0.0243. The number of nitrogens with zero attached hydrogens (tertiary/aromatic N) is 1. The van der Waals surface area contributed by atoms with Crippen LogP contribution in [0.15, 0.2) is 36.5 Å². The number of hydrogen-bond acceptors (Lipinski definition) is 5. The zero-order valence-corrected chi connectivity index (χ0v) is 48.2. The minimum absolute atomic E-state index is 0.0573. The first kappa shape index (κ1) is 68.7. The highest BCUT2D eigenvalue weighted by Gasteiger charge is 2.27. The van der Waals surface area contributed by atoms with Crippen molar-refractivity contribution < 1.29 is 32.9 Å². The standard InChI is InChI=1S/C61H119N2O6P/c1-6-8-10-12-14-16-18-20-22-24-25-26-27-28-29-30-31-32-33-34-35-36-37-39-41-43-45-47-49-51-53-55-61(65)62-59(58-69-70(66,67)68-57-56-63(3,4)5)60(64)54-52-50-48-46-44-42-40-38-23-21-19-17-15-13-11-9-7-2/h28-29,44,46,52,54,59-60,64H,6-27,30-43,45,47-51,53,55-58H2,1-5H3,(H-,62,65,66,67)/p+1/b29-28-,46-44+,54-52+. The molecule has 3 N–H and O–H groups in total. The van der Waals surface area contributed by atoms with E-state index in [4.69, 9.17) is 9.05 Å². The molecule has 0 aromatic carbocycles. The monoisotopic (exact) mass is 1010 g/mol. The van der Waals surface area contributed by atoms with E-state index in [1.165, 1.54) is 238 Å². The highest BCUT2D eigenvalue weighted by Crippen LogP contribution is 2.43. The van der Waals surface area contributed by atoms with Crippen LogP contribution in [0, 0.1) is 0 Å². The molecular weight excluding hydrogens is 888 g/mol. The van der Waals surface area contributed by atoms with Crippen LogP contribution >= 0.6 is 7.82 Å². The molecule has 0 rings (SSSR count). The summed E-state index contributed by atoms with van der Waals surface area (Å²) in [5, 5.41) is 13.9. The van der Waals surface area contributed by atoms with Crippen molar-refractivity contribution in [3.05, 3.63) is 36.5 Å². The molecule has 0 saturated heterocycles. The third-order valence-electron chi connectivity index (χ3n) is 13.8. The van der Waals surface area contributed by atoms with Gasteiger partial charge in [-0.15, -0.1) is 0 Å². The van der Waals surface area contributed by atoms with E-state index in [0.29, 0.717) is 17.4 Å². The number of amides is 1. The largest absolute Gasteiger partial charge is 0.472 e. The van der Waals surface area contributed by atoms with Crippen LogP contribution in [-0.4, -0.2) is 73.4 Å². The minimum Gasteiger partial charge on any atom is -0.387 e. The Kier molecular flexibility index (Phi) is 51.6. The van der Waals surface area contributed by atoms with Crippen molar-refractivity contribution in [1.29, 1.82) is 0 Å². The first-order valence-corrected chi connectivity index (χ1v) is 31.9. The lowest BCUT2D eigenvalue weighted by atomic mass is 10.0. The van der Waals surface area contributed by atoms with Crippen LogP contribution in [0.5, 0.6) is 0 Å². The van der Waals surface area contributed by atoms with Gasteiger partial charge in [-0.25, -0.2) is 4.57 Å². The van der Waals surface area contributed by atoms with Crippen LogP contribution in [0.3, 0.4) is 0 Å². The zero-order valence-electron chi connectivity index (χ0n) is 47.3. The van der Waals surface area contributed by atoms with Crippen LogP contribution in [0.4, 0.5) is 0 Å². The maximum Gasteiger partial charge on any atom is 0.472 e. The average molecular weight is 1010 g/mol. The van der Waals surface area contributed by atoms with Crippen molar-refractivity contribution in [3.8, 4) is 0 Å². The molecule has 3 unspecified atom stereocenters. The normalized spacial score (nSPS) is 14.1. The predicted molar refractivity (Wildman–Crippen MR) is 304 cm³/mol. The van der Waals surface area contributed by atoms with E-state index in [1.54, 1.807) is 6.08 Å².